The molecule has 0 aliphatic rings. The van der Waals surface area contributed by atoms with Crippen LogP contribution in [0.5, 0.6) is 0 Å². The first-order valence-corrected chi connectivity index (χ1v) is 6.02. The standard InChI is InChI=1S/C14H23N3/c1-7-8-9-17-12(3)13(11(2)16-17)10-15-14(4,5)6/h15H,9-10H2,1-6H3. The Balaban J connectivity index is 2.84. The summed E-state index contributed by atoms with van der Waals surface area (Å²) in [6, 6.07) is 0. The molecule has 0 saturated heterocycles. The lowest BCUT2D eigenvalue weighted by atomic mass is 10.1. The smallest absolute Gasteiger partial charge is 0.102 e. The third-order valence-corrected chi connectivity index (χ3v) is 2.73. The maximum atomic E-state index is 4.52. The van der Waals surface area contributed by atoms with Gasteiger partial charge >= 0.3 is 0 Å². The van der Waals surface area contributed by atoms with Gasteiger partial charge in [0.1, 0.15) is 6.54 Å². The predicted molar refractivity (Wildman–Crippen MR) is 71.7 cm³/mol. The molecule has 0 spiro atoms. The topological polar surface area (TPSA) is 29.9 Å². The Morgan fingerprint density at radius 3 is 2.47 bits per heavy atom. The number of nitrogens with one attached hydrogen (secondary N) is 1. The molecule has 17 heavy (non-hydrogen) atoms. The van der Waals surface area contributed by atoms with E-state index in [-0.39, 0.29) is 5.54 Å². The predicted octanol–water partition coefficient (Wildman–Crippen LogP) is 2.41. The van der Waals surface area contributed by atoms with Gasteiger partial charge in [-0.05, 0) is 41.5 Å². The second kappa shape index (κ2) is 5.37. The van der Waals surface area contributed by atoms with E-state index in [4.69, 9.17) is 0 Å². The first-order chi connectivity index (χ1) is 7.85. The second-order valence-corrected chi connectivity index (χ2v) is 5.34. The molecular weight excluding hydrogens is 210 g/mol. The van der Waals surface area contributed by atoms with Crippen LogP contribution in [0.3, 0.4) is 0 Å². The van der Waals surface area contributed by atoms with E-state index in [9.17, 15) is 0 Å². The van der Waals surface area contributed by atoms with Gasteiger partial charge in [0.05, 0.1) is 5.69 Å². The summed E-state index contributed by atoms with van der Waals surface area (Å²) in [7, 11) is 0. The van der Waals surface area contributed by atoms with Crippen molar-refractivity contribution in [1.29, 1.82) is 0 Å². The zero-order valence-corrected chi connectivity index (χ0v) is 11.8. The molecule has 0 radical (unpaired) electrons. The van der Waals surface area contributed by atoms with Crippen molar-refractivity contribution in [3.8, 4) is 11.8 Å². The molecule has 0 saturated carbocycles. The minimum atomic E-state index is 0.129. The summed E-state index contributed by atoms with van der Waals surface area (Å²) >= 11 is 0. The highest BCUT2D eigenvalue weighted by Gasteiger charge is 2.14. The lowest BCUT2D eigenvalue weighted by molar-refractivity contribution is 0.423. The van der Waals surface area contributed by atoms with Gasteiger partial charge < -0.3 is 5.32 Å². The van der Waals surface area contributed by atoms with Gasteiger partial charge in [0.15, 0.2) is 0 Å². The molecular formula is C14H23N3. The Bertz CT molecular complexity index is 439. The Morgan fingerprint density at radius 1 is 1.29 bits per heavy atom. The van der Waals surface area contributed by atoms with Crippen LogP contribution in [0.25, 0.3) is 0 Å². The van der Waals surface area contributed by atoms with Gasteiger partial charge in [-0.1, -0.05) is 5.92 Å². The Labute approximate surface area is 105 Å². The van der Waals surface area contributed by atoms with Crippen molar-refractivity contribution in [1.82, 2.24) is 15.1 Å². The van der Waals surface area contributed by atoms with Crippen LogP contribution in [0.2, 0.25) is 0 Å². The summed E-state index contributed by atoms with van der Waals surface area (Å²) in [6.45, 7) is 14.1. The van der Waals surface area contributed by atoms with Crippen LogP contribution in [-0.2, 0) is 13.1 Å². The molecule has 1 N–H and O–H groups in total. The first kappa shape index (κ1) is 13.8. The molecule has 0 bridgehead atoms. The fourth-order valence-corrected chi connectivity index (χ4v) is 1.65. The van der Waals surface area contributed by atoms with E-state index < -0.39 is 0 Å². The third kappa shape index (κ3) is 3.90. The number of hydrogen-bond donors (Lipinski definition) is 1. The normalized spacial score (nSPS) is 11.2. The fourth-order valence-electron chi connectivity index (χ4n) is 1.65. The van der Waals surface area contributed by atoms with Crippen molar-refractivity contribution >= 4 is 0 Å². The average Bonchev–Trinajstić information content (AvgIpc) is 2.47. The van der Waals surface area contributed by atoms with E-state index in [1.165, 1.54) is 11.3 Å². The van der Waals surface area contributed by atoms with Crippen LogP contribution in [-0.4, -0.2) is 15.3 Å². The summed E-state index contributed by atoms with van der Waals surface area (Å²) in [4.78, 5) is 0. The Kier molecular flexibility index (Phi) is 4.36. The number of hydrogen-bond acceptors (Lipinski definition) is 2. The molecule has 0 aliphatic carbocycles. The number of aromatic nitrogens is 2. The van der Waals surface area contributed by atoms with E-state index in [1.807, 2.05) is 11.6 Å². The van der Waals surface area contributed by atoms with Crippen molar-refractivity contribution in [2.45, 2.75) is 60.2 Å². The molecule has 1 aromatic heterocycles. The second-order valence-electron chi connectivity index (χ2n) is 5.34. The van der Waals surface area contributed by atoms with Crippen LogP contribution in [0, 0.1) is 25.7 Å². The van der Waals surface area contributed by atoms with Crippen molar-refractivity contribution < 1.29 is 0 Å². The molecule has 0 amide bonds. The molecule has 3 heteroatoms. The maximum absolute atomic E-state index is 4.52. The van der Waals surface area contributed by atoms with Crippen LogP contribution in [0.4, 0.5) is 0 Å². The van der Waals surface area contributed by atoms with Crippen LogP contribution < -0.4 is 5.32 Å². The van der Waals surface area contributed by atoms with Crippen LogP contribution in [0.1, 0.15) is 44.6 Å². The SMILES string of the molecule is CC#CCn1nc(C)c(CNC(C)(C)C)c1C. The monoisotopic (exact) mass is 233 g/mol. The van der Waals surface area contributed by atoms with Gasteiger partial charge in [-0.15, -0.1) is 5.92 Å². The molecule has 1 rings (SSSR count). The van der Waals surface area contributed by atoms with E-state index in [1.54, 1.807) is 0 Å². The fraction of sp³-hybridized carbons (Fsp3) is 0.643. The number of aryl methyl sites for hydroxylation is 1. The molecule has 0 atom stereocenters. The molecule has 0 unspecified atom stereocenters. The molecule has 1 heterocycles. The van der Waals surface area contributed by atoms with Gasteiger partial charge in [0, 0.05) is 23.3 Å². The summed E-state index contributed by atoms with van der Waals surface area (Å²) in [5.74, 6) is 5.95. The van der Waals surface area contributed by atoms with E-state index in [0.29, 0.717) is 6.54 Å². The molecule has 3 nitrogen and oxygen atoms in total. The van der Waals surface area contributed by atoms with Gasteiger partial charge in [-0.3, -0.25) is 4.68 Å². The molecule has 0 aromatic carbocycles. The lowest BCUT2D eigenvalue weighted by Gasteiger charge is -2.20. The van der Waals surface area contributed by atoms with E-state index in [2.05, 4.69) is 56.9 Å². The lowest BCUT2D eigenvalue weighted by Crippen LogP contribution is -2.35. The van der Waals surface area contributed by atoms with E-state index >= 15 is 0 Å². The molecule has 1 aromatic rings. The quantitative estimate of drug-likeness (QED) is 0.813. The number of nitrogens with zero attached hydrogens (tertiary/aromatic N) is 2. The van der Waals surface area contributed by atoms with E-state index in [0.717, 1.165) is 12.2 Å². The Hall–Kier alpha value is -1.27. The van der Waals surface area contributed by atoms with Crippen molar-refractivity contribution in [3.63, 3.8) is 0 Å². The number of rotatable bonds is 3. The third-order valence-electron chi connectivity index (χ3n) is 2.73. The molecule has 0 fully saturated rings. The summed E-state index contributed by atoms with van der Waals surface area (Å²) < 4.78 is 1.98. The van der Waals surface area contributed by atoms with Crippen molar-refractivity contribution in [2.75, 3.05) is 0 Å². The molecule has 0 aliphatic heterocycles. The highest BCUT2D eigenvalue weighted by Crippen LogP contribution is 2.14. The summed E-state index contributed by atoms with van der Waals surface area (Å²) in [6.07, 6.45) is 0. The minimum Gasteiger partial charge on any atom is -0.308 e. The van der Waals surface area contributed by atoms with Gasteiger partial charge in [0.2, 0.25) is 0 Å². The summed E-state index contributed by atoms with van der Waals surface area (Å²) in [5, 5.41) is 8.02. The zero-order chi connectivity index (χ0) is 13.1. The highest BCUT2D eigenvalue weighted by atomic mass is 15.3. The average molecular weight is 233 g/mol. The summed E-state index contributed by atoms with van der Waals surface area (Å²) in [5.41, 5.74) is 3.72. The van der Waals surface area contributed by atoms with Crippen molar-refractivity contribution in [2.24, 2.45) is 0 Å². The Morgan fingerprint density at radius 2 is 1.94 bits per heavy atom. The van der Waals surface area contributed by atoms with Crippen LogP contribution >= 0.6 is 0 Å². The van der Waals surface area contributed by atoms with Crippen molar-refractivity contribution in [3.05, 3.63) is 17.0 Å². The van der Waals surface area contributed by atoms with Gasteiger partial charge in [0.25, 0.3) is 0 Å². The minimum absolute atomic E-state index is 0.129. The van der Waals surface area contributed by atoms with Gasteiger partial charge in [-0.2, -0.15) is 5.10 Å². The maximum Gasteiger partial charge on any atom is 0.102 e. The van der Waals surface area contributed by atoms with Crippen LogP contribution in [0.15, 0.2) is 0 Å². The first-order valence-electron chi connectivity index (χ1n) is 6.02. The van der Waals surface area contributed by atoms with Gasteiger partial charge in [-0.25, -0.2) is 0 Å². The highest BCUT2D eigenvalue weighted by molar-refractivity contribution is 5.25. The molecule has 94 valence electrons. The zero-order valence-electron chi connectivity index (χ0n) is 11.8. The largest absolute Gasteiger partial charge is 0.308 e.